The van der Waals surface area contributed by atoms with E-state index in [1.807, 2.05) is 19.0 Å². The van der Waals surface area contributed by atoms with E-state index in [2.05, 4.69) is 11.4 Å². The van der Waals surface area contributed by atoms with Gasteiger partial charge in [-0.15, -0.1) is 0 Å². The minimum absolute atomic E-state index is 0.00356. The Bertz CT molecular complexity index is 763. The Balaban J connectivity index is 2.25. The third-order valence-corrected chi connectivity index (χ3v) is 3.89. The zero-order valence-electron chi connectivity index (χ0n) is 14.0. The molecule has 0 aliphatic carbocycles. The Kier molecular flexibility index (Phi) is 5.67. The van der Waals surface area contributed by atoms with Gasteiger partial charge in [-0.3, -0.25) is 4.79 Å². The van der Waals surface area contributed by atoms with Crippen molar-refractivity contribution in [3.63, 3.8) is 0 Å². The standard InChI is InChI=1S/C19H20FN3O/c1-13(24)17-9-4-14(11-21)10-18(17)22-12-19(23(2)3)15-5-7-16(20)8-6-15/h4-10,19,22H,12H2,1-3H3/t19-/m0/s1. The quantitative estimate of drug-likeness (QED) is 0.824. The van der Waals surface area contributed by atoms with Crippen molar-refractivity contribution >= 4 is 11.5 Å². The highest BCUT2D eigenvalue weighted by Crippen LogP contribution is 2.23. The molecule has 0 spiro atoms. The molecular weight excluding hydrogens is 305 g/mol. The van der Waals surface area contributed by atoms with Crippen molar-refractivity contribution in [2.75, 3.05) is 26.0 Å². The van der Waals surface area contributed by atoms with E-state index in [0.29, 0.717) is 23.4 Å². The van der Waals surface area contributed by atoms with Gasteiger partial charge in [0.05, 0.1) is 17.7 Å². The van der Waals surface area contributed by atoms with Crippen molar-refractivity contribution in [3.05, 3.63) is 65.0 Å². The van der Waals surface area contributed by atoms with Crippen molar-refractivity contribution in [2.45, 2.75) is 13.0 Å². The normalized spacial score (nSPS) is 11.8. The molecule has 0 amide bonds. The largest absolute Gasteiger partial charge is 0.382 e. The van der Waals surface area contributed by atoms with Crippen LogP contribution < -0.4 is 5.32 Å². The zero-order chi connectivity index (χ0) is 17.7. The third kappa shape index (κ3) is 4.18. The van der Waals surface area contributed by atoms with Crippen LogP contribution >= 0.6 is 0 Å². The lowest BCUT2D eigenvalue weighted by Gasteiger charge is -2.26. The smallest absolute Gasteiger partial charge is 0.161 e. The van der Waals surface area contributed by atoms with Gasteiger partial charge in [-0.2, -0.15) is 5.26 Å². The summed E-state index contributed by atoms with van der Waals surface area (Å²) in [4.78, 5) is 13.8. The number of benzene rings is 2. The molecule has 0 heterocycles. The summed E-state index contributed by atoms with van der Waals surface area (Å²) < 4.78 is 13.1. The number of Topliss-reactive ketones (excluding diaryl/α,β-unsaturated/α-hetero) is 1. The molecule has 124 valence electrons. The van der Waals surface area contributed by atoms with Crippen LogP contribution in [0.25, 0.3) is 0 Å². The van der Waals surface area contributed by atoms with E-state index in [1.54, 1.807) is 30.3 Å². The lowest BCUT2D eigenvalue weighted by molar-refractivity contribution is 0.101. The maximum absolute atomic E-state index is 13.1. The highest BCUT2D eigenvalue weighted by atomic mass is 19.1. The molecule has 2 rings (SSSR count). The van der Waals surface area contributed by atoms with Crippen LogP contribution in [-0.2, 0) is 0 Å². The van der Waals surface area contributed by atoms with E-state index < -0.39 is 0 Å². The highest BCUT2D eigenvalue weighted by molar-refractivity contribution is 5.99. The summed E-state index contributed by atoms with van der Waals surface area (Å²) in [6, 6.07) is 13.4. The van der Waals surface area contributed by atoms with Crippen LogP contribution in [0.3, 0.4) is 0 Å². The van der Waals surface area contributed by atoms with Crippen molar-refractivity contribution in [3.8, 4) is 6.07 Å². The van der Waals surface area contributed by atoms with Gasteiger partial charge in [0.1, 0.15) is 5.82 Å². The number of carbonyl (C=O) groups excluding carboxylic acids is 1. The lowest BCUT2D eigenvalue weighted by Crippen LogP contribution is -2.27. The number of ketones is 1. The molecule has 2 aromatic rings. The average molecular weight is 325 g/mol. The molecule has 0 aliphatic heterocycles. The van der Waals surface area contributed by atoms with E-state index in [1.165, 1.54) is 19.1 Å². The first kappa shape index (κ1) is 17.6. The minimum atomic E-state index is -0.273. The number of hydrogen-bond donors (Lipinski definition) is 1. The molecule has 0 bridgehead atoms. The molecule has 0 saturated carbocycles. The number of halogens is 1. The maximum Gasteiger partial charge on any atom is 0.161 e. The fraction of sp³-hybridized carbons (Fsp3) is 0.263. The van der Waals surface area contributed by atoms with Crippen LogP contribution in [0.2, 0.25) is 0 Å². The summed E-state index contributed by atoms with van der Waals surface area (Å²) in [5.74, 6) is -0.338. The van der Waals surface area contributed by atoms with E-state index >= 15 is 0 Å². The van der Waals surface area contributed by atoms with Gasteiger partial charge >= 0.3 is 0 Å². The summed E-state index contributed by atoms with van der Waals surface area (Å²) in [5, 5.41) is 12.3. The topological polar surface area (TPSA) is 56.1 Å². The van der Waals surface area contributed by atoms with E-state index in [0.717, 1.165) is 5.56 Å². The van der Waals surface area contributed by atoms with E-state index in [-0.39, 0.29) is 17.6 Å². The van der Waals surface area contributed by atoms with E-state index in [9.17, 15) is 9.18 Å². The lowest BCUT2D eigenvalue weighted by atomic mass is 10.0. The van der Waals surface area contributed by atoms with Gasteiger partial charge < -0.3 is 10.2 Å². The molecule has 0 radical (unpaired) electrons. The SMILES string of the molecule is CC(=O)c1ccc(C#N)cc1NC[C@@H](c1ccc(F)cc1)N(C)C. The number of rotatable bonds is 6. The zero-order valence-corrected chi connectivity index (χ0v) is 14.0. The Morgan fingerprint density at radius 1 is 1.25 bits per heavy atom. The van der Waals surface area contributed by atoms with Gasteiger partial charge in [0.2, 0.25) is 0 Å². The Morgan fingerprint density at radius 3 is 2.46 bits per heavy atom. The van der Waals surface area contributed by atoms with Gasteiger partial charge in [0, 0.05) is 17.8 Å². The molecule has 4 nitrogen and oxygen atoms in total. The highest BCUT2D eigenvalue weighted by Gasteiger charge is 2.16. The molecule has 5 heteroatoms. The Morgan fingerprint density at radius 2 is 1.92 bits per heavy atom. The second kappa shape index (κ2) is 7.71. The number of anilines is 1. The predicted molar refractivity (Wildman–Crippen MR) is 92.5 cm³/mol. The number of nitrogens with one attached hydrogen (secondary N) is 1. The van der Waals surface area contributed by atoms with Gasteiger partial charge in [0.25, 0.3) is 0 Å². The third-order valence-electron chi connectivity index (χ3n) is 3.89. The second-order valence-electron chi connectivity index (χ2n) is 5.84. The van der Waals surface area contributed by atoms with Crippen LogP contribution in [0.1, 0.15) is 34.5 Å². The fourth-order valence-corrected chi connectivity index (χ4v) is 2.56. The molecule has 1 atom stereocenters. The number of nitrogens with zero attached hydrogens (tertiary/aromatic N) is 2. The van der Waals surface area contributed by atoms with Gasteiger partial charge in [-0.05, 0) is 56.9 Å². The van der Waals surface area contributed by atoms with Gasteiger partial charge in [-0.1, -0.05) is 12.1 Å². The first-order valence-electron chi connectivity index (χ1n) is 7.63. The van der Waals surface area contributed by atoms with E-state index in [4.69, 9.17) is 5.26 Å². The summed E-state index contributed by atoms with van der Waals surface area (Å²) in [6.07, 6.45) is 0. The van der Waals surface area contributed by atoms with Crippen molar-refractivity contribution in [1.29, 1.82) is 5.26 Å². The van der Waals surface area contributed by atoms with Crippen LogP contribution in [0.4, 0.5) is 10.1 Å². The van der Waals surface area contributed by atoms with Gasteiger partial charge in [0.15, 0.2) is 5.78 Å². The van der Waals surface area contributed by atoms with Crippen LogP contribution in [0, 0.1) is 17.1 Å². The van der Waals surface area contributed by atoms with Crippen LogP contribution in [0.15, 0.2) is 42.5 Å². The Labute approximate surface area is 141 Å². The van der Waals surface area contributed by atoms with Crippen molar-refractivity contribution < 1.29 is 9.18 Å². The maximum atomic E-state index is 13.1. The number of hydrogen-bond acceptors (Lipinski definition) is 4. The molecule has 1 N–H and O–H groups in total. The summed E-state index contributed by atoms with van der Waals surface area (Å²) in [7, 11) is 3.88. The second-order valence-corrected chi connectivity index (χ2v) is 5.84. The number of nitriles is 1. The molecule has 0 aromatic heterocycles. The summed E-state index contributed by atoms with van der Waals surface area (Å²) in [5.41, 5.74) is 2.64. The molecule has 0 saturated heterocycles. The Hall–Kier alpha value is -2.71. The molecule has 0 unspecified atom stereocenters. The van der Waals surface area contributed by atoms with Crippen LogP contribution in [-0.4, -0.2) is 31.3 Å². The monoisotopic (exact) mass is 325 g/mol. The molecule has 0 aliphatic rings. The minimum Gasteiger partial charge on any atom is -0.382 e. The predicted octanol–water partition coefficient (Wildman–Crippen LogP) is 3.61. The summed E-state index contributed by atoms with van der Waals surface area (Å²) >= 11 is 0. The fourth-order valence-electron chi connectivity index (χ4n) is 2.56. The van der Waals surface area contributed by atoms with Crippen LogP contribution in [0.5, 0.6) is 0 Å². The molecule has 2 aromatic carbocycles. The van der Waals surface area contributed by atoms with Gasteiger partial charge in [-0.25, -0.2) is 4.39 Å². The van der Waals surface area contributed by atoms with Crippen molar-refractivity contribution in [2.24, 2.45) is 0 Å². The number of carbonyl (C=O) groups is 1. The first-order valence-corrected chi connectivity index (χ1v) is 7.63. The number of likely N-dealkylation sites (N-methyl/N-ethyl adjacent to an activating group) is 1. The first-order chi connectivity index (χ1) is 11.4. The van der Waals surface area contributed by atoms with Crippen molar-refractivity contribution in [1.82, 2.24) is 4.90 Å². The molecular formula is C19H20FN3O. The summed E-state index contributed by atoms with van der Waals surface area (Å²) in [6.45, 7) is 2.02. The average Bonchev–Trinajstić information content (AvgIpc) is 2.56. The molecule has 24 heavy (non-hydrogen) atoms. The molecule has 0 fully saturated rings.